The Kier molecular flexibility index (Phi) is 4.52. The van der Waals surface area contributed by atoms with E-state index in [0.29, 0.717) is 0 Å². The second-order valence-electron chi connectivity index (χ2n) is 8.43. The van der Waals surface area contributed by atoms with Crippen LogP contribution in [0, 0.1) is 10.8 Å². The summed E-state index contributed by atoms with van der Waals surface area (Å²) in [5, 5.41) is 0. The summed E-state index contributed by atoms with van der Waals surface area (Å²) in [6, 6.07) is 22.0. The smallest absolute Gasteiger partial charge is 0.00902 e. The molecule has 0 aliphatic rings. The van der Waals surface area contributed by atoms with Gasteiger partial charge in [0.2, 0.25) is 0 Å². The minimum absolute atomic E-state index is 0.0720. The van der Waals surface area contributed by atoms with Gasteiger partial charge in [-0.3, -0.25) is 0 Å². The Morgan fingerprint density at radius 2 is 1.00 bits per heavy atom. The molecule has 0 saturated heterocycles. The molecular weight excluding hydrogens is 264 g/mol. The van der Waals surface area contributed by atoms with Crippen molar-refractivity contribution < 1.29 is 0 Å². The van der Waals surface area contributed by atoms with Gasteiger partial charge in [-0.1, -0.05) is 102 Å². The van der Waals surface area contributed by atoms with Gasteiger partial charge in [0.25, 0.3) is 0 Å². The van der Waals surface area contributed by atoms with Crippen LogP contribution in [0.4, 0.5) is 0 Å². The summed E-state index contributed by atoms with van der Waals surface area (Å²) >= 11 is 0. The zero-order valence-corrected chi connectivity index (χ0v) is 15.0. The van der Waals surface area contributed by atoms with Gasteiger partial charge in [0.1, 0.15) is 0 Å². The van der Waals surface area contributed by atoms with Crippen LogP contribution in [0.5, 0.6) is 0 Å². The molecule has 118 valence electrons. The van der Waals surface area contributed by atoms with Crippen LogP contribution in [0.3, 0.4) is 0 Å². The lowest BCUT2D eigenvalue weighted by molar-refractivity contribution is 0.0508. The molecule has 2 aromatic carbocycles. The van der Waals surface area contributed by atoms with E-state index in [1.807, 2.05) is 0 Å². The molecule has 0 spiro atoms. The molecule has 0 N–H and O–H groups in total. The first-order chi connectivity index (χ1) is 10.2. The third-order valence-corrected chi connectivity index (χ3v) is 5.14. The summed E-state index contributed by atoms with van der Waals surface area (Å²) in [7, 11) is 0. The number of hydrogen-bond acceptors (Lipinski definition) is 0. The Morgan fingerprint density at radius 3 is 1.41 bits per heavy atom. The van der Waals surface area contributed by atoms with E-state index in [-0.39, 0.29) is 16.2 Å². The van der Waals surface area contributed by atoms with Gasteiger partial charge in [-0.2, -0.15) is 0 Å². The second kappa shape index (κ2) is 5.91. The van der Waals surface area contributed by atoms with E-state index >= 15 is 0 Å². The Labute approximate surface area is 136 Å². The first-order valence-corrected chi connectivity index (χ1v) is 8.28. The Balaban J connectivity index is 2.67. The molecule has 0 nitrogen and oxygen atoms in total. The largest absolute Gasteiger partial charge is 0.0622 e. The fourth-order valence-corrected chi connectivity index (χ4v) is 4.25. The van der Waals surface area contributed by atoms with Gasteiger partial charge in [0.15, 0.2) is 0 Å². The van der Waals surface area contributed by atoms with Crippen molar-refractivity contribution in [2.75, 3.05) is 0 Å². The molecule has 0 atom stereocenters. The zero-order chi connectivity index (χ0) is 16.4. The Morgan fingerprint density at radius 1 is 0.591 bits per heavy atom. The molecule has 2 rings (SSSR count). The van der Waals surface area contributed by atoms with Crippen LogP contribution < -0.4 is 0 Å². The number of rotatable bonds is 3. The minimum Gasteiger partial charge on any atom is -0.0622 e. The lowest BCUT2D eigenvalue weighted by atomic mass is 9.49. The Bertz CT molecular complexity index is 565. The summed E-state index contributed by atoms with van der Waals surface area (Å²) in [5.41, 5.74) is 3.24. The van der Waals surface area contributed by atoms with E-state index in [2.05, 4.69) is 102 Å². The molecule has 22 heavy (non-hydrogen) atoms. The van der Waals surface area contributed by atoms with Gasteiger partial charge in [0.05, 0.1) is 0 Å². The van der Waals surface area contributed by atoms with E-state index in [1.165, 1.54) is 11.1 Å². The molecule has 0 aliphatic heterocycles. The summed E-state index contributed by atoms with van der Waals surface area (Å²) < 4.78 is 0. The zero-order valence-electron chi connectivity index (χ0n) is 15.0. The van der Waals surface area contributed by atoms with Crippen molar-refractivity contribution in [2.24, 2.45) is 10.8 Å². The molecule has 0 radical (unpaired) electrons. The molecule has 0 aliphatic carbocycles. The van der Waals surface area contributed by atoms with Gasteiger partial charge in [-0.15, -0.1) is 0 Å². The molecule has 0 unspecified atom stereocenters. The maximum absolute atomic E-state index is 2.38. The molecule has 0 heterocycles. The fourth-order valence-electron chi connectivity index (χ4n) is 4.25. The van der Waals surface area contributed by atoms with Crippen LogP contribution in [0.15, 0.2) is 60.7 Å². The third kappa shape index (κ3) is 2.97. The van der Waals surface area contributed by atoms with Crippen molar-refractivity contribution >= 4 is 0 Å². The average Bonchev–Trinajstić information content (AvgIpc) is 2.44. The van der Waals surface area contributed by atoms with Crippen molar-refractivity contribution in [1.29, 1.82) is 0 Å². The molecule has 0 saturated carbocycles. The van der Waals surface area contributed by atoms with E-state index in [0.717, 1.165) is 6.42 Å². The predicted molar refractivity (Wildman–Crippen MR) is 97.2 cm³/mol. The first-order valence-electron chi connectivity index (χ1n) is 8.28. The minimum atomic E-state index is 0.0720. The second-order valence-corrected chi connectivity index (χ2v) is 8.43. The van der Waals surface area contributed by atoms with Crippen LogP contribution in [0.2, 0.25) is 0 Å². The molecule has 2 aromatic rings. The highest BCUT2D eigenvalue weighted by molar-refractivity contribution is 5.34. The normalized spacial score (nSPS) is 13.2. The standard InChI is InChI=1S/C22H30/c1-20(2,3)22(21(4,5)6,19-15-11-8-12-16-19)17-18-13-9-7-10-14-18/h7-16H,17H2,1-6H3. The van der Waals surface area contributed by atoms with Gasteiger partial charge in [-0.25, -0.2) is 0 Å². The highest BCUT2D eigenvalue weighted by Crippen LogP contribution is 2.55. The lowest BCUT2D eigenvalue weighted by Crippen LogP contribution is -2.52. The highest BCUT2D eigenvalue weighted by atomic mass is 14.5. The number of benzene rings is 2. The summed E-state index contributed by atoms with van der Waals surface area (Å²) in [5.74, 6) is 0. The molecule has 0 amide bonds. The van der Waals surface area contributed by atoms with Crippen LogP contribution in [0.25, 0.3) is 0 Å². The molecule has 0 bridgehead atoms. The molecular formula is C22H30. The molecule has 0 fully saturated rings. The van der Waals surface area contributed by atoms with E-state index in [9.17, 15) is 0 Å². The van der Waals surface area contributed by atoms with E-state index in [1.54, 1.807) is 0 Å². The maximum atomic E-state index is 2.38. The van der Waals surface area contributed by atoms with Crippen molar-refractivity contribution in [3.05, 3.63) is 71.8 Å². The first kappa shape index (κ1) is 16.8. The lowest BCUT2D eigenvalue weighted by Gasteiger charge is -2.54. The summed E-state index contributed by atoms with van der Waals surface area (Å²) in [6.45, 7) is 14.3. The monoisotopic (exact) mass is 294 g/mol. The van der Waals surface area contributed by atoms with Crippen LogP contribution >= 0.6 is 0 Å². The third-order valence-electron chi connectivity index (χ3n) is 5.14. The van der Waals surface area contributed by atoms with Crippen molar-refractivity contribution in [3.8, 4) is 0 Å². The summed E-state index contributed by atoms with van der Waals surface area (Å²) in [6.07, 6.45) is 1.06. The van der Waals surface area contributed by atoms with Crippen LogP contribution in [0.1, 0.15) is 52.7 Å². The van der Waals surface area contributed by atoms with Crippen molar-refractivity contribution in [1.82, 2.24) is 0 Å². The molecule has 0 aromatic heterocycles. The van der Waals surface area contributed by atoms with Gasteiger partial charge in [-0.05, 0) is 28.4 Å². The molecule has 0 heteroatoms. The van der Waals surface area contributed by atoms with Crippen LogP contribution in [-0.2, 0) is 11.8 Å². The Hall–Kier alpha value is -1.56. The predicted octanol–water partition coefficient (Wildman–Crippen LogP) is 6.26. The quantitative estimate of drug-likeness (QED) is 0.626. The topological polar surface area (TPSA) is 0 Å². The SMILES string of the molecule is CC(C)(C)C(Cc1ccccc1)(c1ccccc1)C(C)(C)C. The van der Waals surface area contributed by atoms with Gasteiger partial charge in [0, 0.05) is 5.41 Å². The highest BCUT2D eigenvalue weighted by Gasteiger charge is 2.51. The van der Waals surface area contributed by atoms with E-state index in [4.69, 9.17) is 0 Å². The van der Waals surface area contributed by atoms with Gasteiger partial charge < -0.3 is 0 Å². The maximum Gasteiger partial charge on any atom is 0.00902 e. The summed E-state index contributed by atoms with van der Waals surface area (Å²) in [4.78, 5) is 0. The van der Waals surface area contributed by atoms with Gasteiger partial charge >= 0.3 is 0 Å². The van der Waals surface area contributed by atoms with Crippen molar-refractivity contribution in [3.63, 3.8) is 0 Å². The number of hydrogen-bond donors (Lipinski definition) is 0. The average molecular weight is 294 g/mol. The van der Waals surface area contributed by atoms with Crippen molar-refractivity contribution in [2.45, 2.75) is 53.4 Å². The fraction of sp³-hybridized carbons (Fsp3) is 0.455. The van der Waals surface area contributed by atoms with Crippen LogP contribution in [-0.4, -0.2) is 0 Å². The van der Waals surface area contributed by atoms with E-state index < -0.39 is 0 Å².